The highest BCUT2D eigenvalue weighted by atomic mass is 16.5. The molecule has 0 unspecified atom stereocenters. The van der Waals surface area contributed by atoms with Gasteiger partial charge in [-0.15, -0.1) is 0 Å². The molecular weight excluding hydrogens is 240 g/mol. The van der Waals surface area contributed by atoms with Crippen molar-refractivity contribution in [2.45, 2.75) is 31.9 Å². The Labute approximate surface area is 114 Å². The van der Waals surface area contributed by atoms with Crippen molar-refractivity contribution in [1.82, 2.24) is 5.32 Å². The Bertz CT molecular complexity index is 402. The van der Waals surface area contributed by atoms with Gasteiger partial charge < -0.3 is 15.0 Å². The van der Waals surface area contributed by atoms with Crippen LogP contribution in [0.5, 0.6) is 0 Å². The number of amides is 1. The van der Waals surface area contributed by atoms with Crippen molar-refractivity contribution in [2.24, 2.45) is 0 Å². The molecular formula is C15H22N2O2. The third kappa shape index (κ3) is 3.70. The van der Waals surface area contributed by atoms with Crippen molar-refractivity contribution in [3.05, 3.63) is 30.3 Å². The Balaban J connectivity index is 1.80. The summed E-state index contributed by atoms with van der Waals surface area (Å²) in [7, 11) is 2.04. The number of para-hydroxylation sites is 1. The Morgan fingerprint density at radius 1 is 1.47 bits per heavy atom. The number of nitrogens with zero attached hydrogens (tertiary/aromatic N) is 1. The van der Waals surface area contributed by atoms with Gasteiger partial charge in [0.2, 0.25) is 5.91 Å². The number of nitrogens with one attached hydrogen (secondary N) is 1. The highest BCUT2D eigenvalue weighted by molar-refractivity contribution is 5.81. The van der Waals surface area contributed by atoms with Gasteiger partial charge in [-0.25, -0.2) is 0 Å². The second-order valence-electron chi connectivity index (χ2n) is 5.04. The molecule has 4 nitrogen and oxygen atoms in total. The van der Waals surface area contributed by atoms with Crippen molar-refractivity contribution < 1.29 is 9.53 Å². The second-order valence-corrected chi connectivity index (χ2v) is 5.04. The van der Waals surface area contributed by atoms with Gasteiger partial charge in [0.15, 0.2) is 0 Å². The van der Waals surface area contributed by atoms with Crippen LogP contribution >= 0.6 is 0 Å². The molecule has 0 aromatic heterocycles. The van der Waals surface area contributed by atoms with Crippen molar-refractivity contribution in [3.63, 3.8) is 0 Å². The summed E-state index contributed by atoms with van der Waals surface area (Å²) in [4.78, 5) is 14.0. The smallest absolute Gasteiger partial charge is 0.249 e. The molecule has 1 heterocycles. The van der Waals surface area contributed by atoms with Crippen LogP contribution in [0.15, 0.2) is 30.3 Å². The maximum atomic E-state index is 11.9. The molecule has 2 rings (SSSR count). The van der Waals surface area contributed by atoms with Gasteiger partial charge in [-0.05, 0) is 31.9 Å². The molecule has 1 aromatic rings. The number of rotatable bonds is 5. The van der Waals surface area contributed by atoms with E-state index >= 15 is 0 Å². The topological polar surface area (TPSA) is 41.6 Å². The number of ether oxygens (including phenoxy) is 1. The quantitative estimate of drug-likeness (QED) is 0.880. The van der Waals surface area contributed by atoms with Crippen LogP contribution in [0.3, 0.4) is 0 Å². The summed E-state index contributed by atoms with van der Waals surface area (Å²) in [5.74, 6) is 0.0193. The molecule has 0 saturated carbocycles. The molecule has 1 amide bonds. The molecule has 1 fully saturated rings. The predicted molar refractivity (Wildman–Crippen MR) is 76.3 cm³/mol. The Morgan fingerprint density at radius 3 is 2.84 bits per heavy atom. The fourth-order valence-corrected chi connectivity index (χ4v) is 2.20. The zero-order valence-corrected chi connectivity index (χ0v) is 11.6. The second kappa shape index (κ2) is 6.57. The Morgan fingerprint density at radius 2 is 2.21 bits per heavy atom. The van der Waals surface area contributed by atoms with E-state index < -0.39 is 0 Å². The normalized spacial score (nSPS) is 20.0. The van der Waals surface area contributed by atoms with E-state index in [1.54, 1.807) is 0 Å². The van der Waals surface area contributed by atoms with E-state index in [0.717, 1.165) is 18.5 Å². The maximum absolute atomic E-state index is 11.9. The molecule has 4 heteroatoms. The van der Waals surface area contributed by atoms with E-state index in [-0.39, 0.29) is 18.1 Å². The van der Waals surface area contributed by atoms with Crippen LogP contribution in [0.25, 0.3) is 0 Å². The number of anilines is 1. The minimum absolute atomic E-state index is 0.0193. The summed E-state index contributed by atoms with van der Waals surface area (Å²) in [5.41, 5.74) is 1.15. The molecule has 0 radical (unpaired) electrons. The van der Waals surface area contributed by atoms with E-state index in [2.05, 4.69) is 29.3 Å². The van der Waals surface area contributed by atoms with Crippen LogP contribution in [-0.4, -0.2) is 38.3 Å². The Hall–Kier alpha value is -1.55. The zero-order valence-electron chi connectivity index (χ0n) is 11.6. The van der Waals surface area contributed by atoms with E-state index in [1.165, 1.54) is 0 Å². The highest BCUT2D eigenvalue weighted by Crippen LogP contribution is 2.14. The average molecular weight is 262 g/mol. The molecule has 0 spiro atoms. The summed E-state index contributed by atoms with van der Waals surface area (Å²) in [6.45, 7) is 3.43. The number of hydrogen-bond acceptors (Lipinski definition) is 3. The lowest BCUT2D eigenvalue weighted by atomic mass is 10.2. The summed E-state index contributed by atoms with van der Waals surface area (Å²) in [6.07, 6.45) is 1.58. The van der Waals surface area contributed by atoms with E-state index in [0.29, 0.717) is 13.2 Å². The molecule has 1 aliphatic rings. The van der Waals surface area contributed by atoms with Crippen molar-refractivity contribution in [3.8, 4) is 0 Å². The van der Waals surface area contributed by atoms with Crippen molar-refractivity contribution in [1.29, 1.82) is 0 Å². The number of carbonyl (C=O) groups is 1. The molecule has 0 aliphatic carbocycles. The van der Waals surface area contributed by atoms with E-state index in [4.69, 9.17) is 4.74 Å². The van der Waals surface area contributed by atoms with Gasteiger partial charge in [0.25, 0.3) is 0 Å². The van der Waals surface area contributed by atoms with E-state index in [9.17, 15) is 4.79 Å². The average Bonchev–Trinajstić information content (AvgIpc) is 2.98. The first-order valence-electron chi connectivity index (χ1n) is 6.85. The number of benzene rings is 1. The third-order valence-electron chi connectivity index (χ3n) is 3.62. The van der Waals surface area contributed by atoms with E-state index in [1.807, 2.05) is 25.2 Å². The Kier molecular flexibility index (Phi) is 4.80. The number of hydrogen-bond donors (Lipinski definition) is 1. The standard InChI is InChI=1S/C15H22N2O2/c1-12(17(2)13-7-4-3-5-8-13)11-16-15(18)14-9-6-10-19-14/h3-5,7-8,12,14H,6,9-11H2,1-2H3,(H,16,18)/t12-,14-/m0/s1. The first kappa shape index (κ1) is 13.9. The van der Waals surface area contributed by atoms with Gasteiger partial charge in [-0.1, -0.05) is 18.2 Å². The fraction of sp³-hybridized carbons (Fsp3) is 0.533. The fourth-order valence-electron chi connectivity index (χ4n) is 2.20. The predicted octanol–water partition coefficient (Wildman–Crippen LogP) is 1.81. The first-order chi connectivity index (χ1) is 9.18. The highest BCUT2D eigenvalue weighted by Gasteiger charge is 2.23. The van der Waals surface area contributed by atoms with Crippen molar-refractivity contribution in [2.75, 3.05) is 25.1 Å². The van der Waals surface area contributed by atoms with Gasteiger partial charge in [-0.2, -0.15) is 0 Å². The van der Waals surface area contributed by atoms with Crippen LogP contribution in [0.4, 0.5) is 5.69 Å². The van der Waals surface area contributed by atoms with Crippen LogP contribution in [0, 0.1) is 0 Å². The minimum atomic E-state index is -0.241. The van der Waals surface area contributed by atoms with Crippen LogP contribution in [0.1, 0.15) is 19.8 Å². The molecule has 0 bridgehead atoms. The number of carbonyl (C=O) groups excluding carboxylic acids is 1. The summed E-state index contributed by atoms with van der Waals surface area (Å²) >= 11 is 0. The van der Waals surface area contributed by atoms with Gasteiger partial charge in [0.05, 0.1) is 0 Å². The number of likely N-dealkylation sites (N-methyl/N-ethyl adjacent to an activating group) is 1. The lowest BCUT2D eigenvalue weighted by Crippen LogP contribution is -2.43. The molecule has 2 atom stereocenters. The summed E-state index contributed by atoms with van der Waals surface area (Å²) in [6, 6.07) is 10.4. The van der Waals surface area contributed by atoms with Crippen LogP contribution < -0.4 is 10.2 Å². The van der Waals surface area contributed by atoms with Gasteiger partial charge in [0, 0.05) is 31.9 Å². The van der Waals surface area contributed by atoms with Gasteiger partial charge in [-0.3, -0.25) is 4.79 Å². The first-order valence-corrected chi connectivity index (χ1v) is 6.85. The van der Waals surface area contributed by atoms with Gasteiger partial charge in [0.1, 0.15) is 6.10 Å². The summed E-state index contributed by atoms with van der Waals surface area (Å²) in [5, 5.41) is 2.97. The summed E-state index contributed by atoms with van der Waals surface area (Å²) < 4.78 is 5.37. The van der Waals surface area contributed by atoms with Crippen molar-refractivity contribution >= 4 is 11.6 Å². The lowest BCUT2D eigenvalue weighted by molar-refractivity contribution is -0.130. The lowest BCUT2D eigenvalue weighted by Gasteiger charge is -2.27. The molecule has 1 aliphatic heterocycles. The zero-order chi connectivity index (χ0) is 13.7. The molecule has 19 heavy (non-hydrogen) atoms. The minimum Gasteiger partial charge on any atom is -0.370 e. The SMILES string of the molecule is C[C@@H](CNC(=O)[C@@H]1CCCO1)N(C)c1ccccc1. The van der Waals surface area contributed by atoms with Crippen LogP contribution in [-0.2, 0) is 9.53 Å². The van der Waals surface area contributed by atoms with Gasteiger partial charge >= 0.3 is 0 Å². The third-order valence-corrected chi connectivity index (χ3v) is 3.62. The largest absolute Gasteiger partial charge is 0.370 e. The van der Waals surface area contributed by atoms with Crippen LogP contribution in [0.2, 0.25) is 0 Å². The molecule has 104 valence electrons. The molecule has 1 N–H and O–H groups in total. The monoisotopic (exact) mass is 262 g/mol. The molecule has 1 aromatic carbocycles. The maximum Gasteiger partial charge on any atom is 0.249 e. The molecule has 1 saturated heterocycles.